The van der Waals surface area contributed by atoms with E-state index in [1.165, 1.54) is 25.7 Å². The molecule has 3 rings (SSSR count). The van der Waals surface area contributed by atoms with Crippen molar-refractivity contribution in [1.82, 2.24) is 10.2 Å². The van der Waals surface area contributed by atoms with E-state index in [-0.39, 0.29) is 24.0 Å². The van der Waals surface area contributed by atoms with Gasteiger partial charge in [0.1, 0.15) is 5.76 Å². The summed E-state index contributed by atoms with van der Waals surface area (Å²) >= 11 is 0. The molecule has 0 amide bonds. The highest BCUT2D eigenvalue weighted by molar-refractivity contribution is 14.0. The van der Waals surface area contributed by atoms with E-state index in [0.29, 0.717) is 5.41 Å². The maximum absolute atomic E-state index is 5.36. The van der Waals surface area contributed by atoms with E-state index < -0.39 is 0 Å². The Labute approximate surface area is 150 Å². The summed E-state index contributed by atoms with van der Waals surface area (Å²) in [5.41, 5.74) is 0.595. The van der Waals surface area contributed by atoms with E-state index in [4.69, 9.17) is 9.41 Å². The summed E-state index contributed by atoms with van der Waals surface area (Å²) in [5, 5.41) is 3.40. The van der Waals surface area contributed by atoms with Gasteiger partial charge in [-0.1, -0.05) is 12.5 Å². The molecular weight excluding hydrogens is 389 g/mol. The Bertz CT molecular complexity index is 494. The predicted octanol–water partition coefficient (Wildman–Crippen LogP) is 3.45. The second kappa shape index (κ2) is 8.04. The Morgan fingerprint density at radius 1 is 1.45 bits per heavy atom. The molecule has 1 aromatic heterocycles. The maximum atomic E-state index is 5.36. The van der Waals surface area contributed by atoms with Crippen LogP contribution in [-0.2, 0) is 6.42 Å². The molecule has 1 N–H and O–H groups in total. The summed E-state index contributed by atoms with van der Waals surface area (Å²) in [6, 6.07) is 3.93. The molecule has 2 fully saturated rings. The molecule has 2 heterocycles. The quantitative estimate of drug-likeness (QED) is 0.347. The van der Waals surface area contributed by atoms with Crippen molar-refractivity contribution in [3.63, 3.8) is 0 Å². The van der Waals surface area contributed by atoms with Crippen LogP contribution in [0.1, 0.15) is 31.4 Å². The van der Waals surface area contributed by atoms with Gasteiger partial charge in [-0.05, 0) is 36.8 Å². The van der Waals surface area contributed by atoms with Gasteiger partial charge in [0.25, 0.3) is 0 Å². The largest absolute Gasteiger partial charge is 0.469 e. The molecule has 0 bridgehead atoms. The van der Waals surface area contributed by atoms with Gasteiger partial charge < -0.3 is 14.6 Å². The predicted molar refractivity (Wildman–Crippen MR) is 101 cm³/mol. The number of furan rings is 1. The minimum atomic E-state index is 0. The summed E-state index contributed by atoms with van der Waals surface area (Å²) < 4.78 is 5.36. The van der Waals surface area contributed by atoms with E-state index in [2.05, 4.69) is 16.8 Å². The van der Waals surface area contributed by atoms with E-state index in [9.17, 15) is 0 Å². The van der Waals surface area contributed by atoms with Crippen molar-refractivity contribution in [2.24, 2.45) is 10.4 Å². The fourth-order valence-corrected chi connectivity index (χ4v) is 3.36. The van der Waals surface area contributed by atoms with Gasteiger partial charge in [0, 0.05) is 32.6 Å². The Morgan fingerprint density at radius 2 is 2.32 bits per heavy atom. The second-order valence-electron chi connectivity index (χ2n) is 6.23. The number of hydrogen-bond acceptors (Lipinski definition) is 2. The molecule has 2 aliphatic rings. The molecule has 22 heavy (non-hydrogen) atoms. The third-order valence-electron chi connectivity index (χ3n) is 4.76. The first-order valence-corrected chi connectivity index (χ1v) is 7.98. The summed E-state index contributed by atoms with van der Waals surface area (Å²) in [6.45, 7) is 7.60. The Kier molecular flexibility index (Phi) is 6.35. The van der Waals surface area contributed by atoms with Crippen LogP contribution in [0.4, 0.5) is 0 Å². The molecule has 0 aromatic carbocycles. The van der Waals surface area contributed by atoms with Crippen LogP contribution in [-0.4, -0.2) is 37.0 Å². The molecule has 0 unspecified atom stereocenters. The zero-order valence-corrected chi connectivity index (χ0v) is 15.4. The smallest absolute Gasteiger partial charge is 0.194 e. The molecule has 5 heteroatoms. The van der Waals surface area contributed by atoms with Gasteiger partial charge in [-0.3, -0.25) is 4.99 Å². The number of aliphatic imine (C=N–C) groups is 1. The molecule has 1 aliphatic heterocycles. The lowest BCUT2D eigenvalue weighted by molar-refractivity contribution is 0.151. The van der Waals surface area contributed by atoms with Crippen molar-refractivity contribution in [1.29, 1.82) is 0 Å². The average Bonchev–Trinajstić information content (AvgIpc) is 3.11. The van der Waals surface area contributed by atoms with Crippen LogP contribution < -0.4 is 5.32 Å². The topological polar surface area (TPSA) is 40.8 Å². The lowest BCUT2D eigenvalue weighted by atomic mass is 9.68. The van der Waals surface area contributed by atoms with Gasteiger partial charge in [0.05, 0.1) is 6.26 Å². The average molecular weight is 415 g/mol. The monoisotopic (exact) mass is 415 g/mol. The zero-order chi connectivity index (χ0) is 14.5. The van der Waals surface area contributed by atoms with Crippen molar-refractivity contribution < 1.29 is 4.42 Å². The maximum Gasteiger partial charge on any atom is 0.194 e. The highest BCUT2D eigenvalue weighted by atomic mass is 127. The van der Waals surface area contributed by atoms with Crippen molar-refractivity contribution in [2.75, 3.05) is 26.2 Å². The minimum Gasteiger partial charge on any atom is -0.469 e. The number of halogens is 1. The van der Waals surface area contributed by atoms with E-state index in [1.54, 1.807) is 6.26 Å². The number of likely N-dealkylation sites (tertiary alicyclic amines) is 1. The molecule has 1 aromatic rings. The highest BCUT2D eigenvalue weighted by Gasteiger charge is 2.43. The van der Waals surface area contributed by atoms with E-state index >= 15 is 0 Å². The van der Waals surface area contributed by atoms with Gasteiger partial charge in [0.2, 0.25) is 0 Å². The van der Waals surface area contributed by atoms with Crippen molar-refractivity contribution in [2.45, 2.75) is 32.1 Å². The first-order chi connectivity index (χ1) is 10.3. The summed E-state index contributed by atoms with van der Waals surface area (Å²) in [6.07, 6.45) is 9.97. The normalized spacial score (nSPS) is 19.6. The lowest BCUT2D eigenvalue weighted by Crippen LogP contribution is -2.42. The fourth-order valence-electron chi connectivity index (χ4n) is 3.36. The van der Waals surface area contributed by atoms with Crippen molar-refractivity contribution in [3.8, 4) is 0 Å². The fraction of sp³-hybridized carbons (Fsp3) is 0.588. The molecule has 122 valence electrons. The van der Waals surface area contributed by atoms with E-state index in [0.717, 1.165) is 44.3 Å². The first kappa shape index (κ1) is 17.4. The Balaban J connectivity index is 0.00000176. The lowest BCUT2D eigenvalue weighted by Gasteiger charge is -2.38. The van der Waals surface area contributed by atoms with Gasteiger partial charge in [-0.25, -0.2) is 0 Å². The first-order valence-electron chi connectivity index (χ1n) is 7.98. The van der Waals surface area contributed by atoms with Crippen LogP contribution in [0.25, 0.3) is 0 Å². The zero-order valence-electron chi connectivity index (χ0n) is 13.1. The van der Waals surface area contributed by atoms with Crippen LogP contribution in [0.5, 0.6) is 0 Å². The van der Waals surface area contributed by atoms with Crippen LogP contribution in [0.3, 0.4) is 0 Å². The van der Waals surface area contributed by atoms with Crippen LogP contribution in [0, 0.1) is 5.41 Å². The van der Waals surface area contributed by atoms with Crippen LogP contribution >= 0.6 is 24.0 Å². The molecule has 1 spiro atoms. The molecule has 0 radical (unpaired) electrons. The van der Waals surface area contributed by atoms with Crippen molar-refractivity contribution >= 4 is 29.9 Å². The summed E-state index contributed by atoms with van der Waals surface area (Å²) in [7, 11) is 0. The van der Waals surface area contributed by atoms with Gasteiger partial charge in [-0.2, -0.15) is 0 Å². The highest BCUT2D eigenvalue weighted by Crippen LogP contribution is 2.47. The molecule has 4 nitrogen and oxygen atoms in total. The minimum absolute atomic E-state index is 0. The second-order valence-corrected chi connectivity index (χ2v) is 6.23. The van der Waals surface area contributed by atoms with Gasteiger partial charge in [0.15, 0.2) is 5.96 Å². The molecule has 1 aliphatic carbocycles. The molecular formula is C17H26IN3O. The van der Waals surface area contributed by atoms with Crippen LogP contribution in [0.2, 0.25) is 0 Å². The molecule has 0 atom stereocenters. The number of nitrogens with one attached hydrogen (secondary N) is 1. The third kappa shape index (κ3) is 4.06. The van der Waals surface area contributed by atoms with Crippen molar-refractivity contribution in [3.05, 3.63) is 36.8 Å². The number of nitrogens with zero attached hydrogens (tertiary/aromatic N) is 2. The molecule has 1 saturated heterocycles. The summed E-state index contributed by atoms with van der Waals surface area (Å²) in [5.74, 6) is 2.03. The molecule has 1 saturated carbocycles. The number of hydrogen-bond donors (Lipinski definition) is 1. The Morgan fingerprint density at radius 3 is 2.91 bits per heavy atom. The van der Waals surface area contributed by atoms with E-state index in [1.807, 2.05) is 18.2 Å². The number of rotatable bonds is 5. The summed E-state index contributed by atoms with van der Waals surface area (Å²) in [4.78, 5) is 7.19. The SMILES string of the molecule is C=CCNC(=NCCc1ccco1)N1CCC2(CCC2)C1.I. The van der Waals surface area contributed by atoms with Gasteiger partial charge >= 0.3 is 0 Å². The van der Waals surface area contributed by atoms with Gasteiger partial charge in [-0.15, -0.1) is 30.6 Å². The third-order valence-corrected chi connectivity index (χ3v) is 4.76. The standard InChI is InChI=1S/C17H25N3O.HI/c1-2-10-18-16(19-11-6-15-5-3-13-21-15)20-12-9-17(14-20)7-4-8-17;/h2-3,5,13H,1,4,6-12,14H2,(H,18,19);1H. The Hall–Kier alpha value is -0.980. The number of guanidine groups is 1. The van der Waals surface area contributed by atoms with Crippen LogP contribution in [0.15, 0.2) is 40.5 Å².